The van der Waals surface area contributed by atoms with E-state index >= 15 is 0 Å². The summed E-state index contributed by atoms with van der Waals surface area (Å²) in [4.78, 5) is 19.5. The Morgan fingerprint density at radius 3 is 2.74 bits per heavy atom. The number of aliphatic carboxylic acids is 1. The van der Waals surface area contributed by atoms with Gasteiger partial charge in [0.25, 0.3) is 0 Å². The third kappa shape index (κ3) is 4.24. The Labute approximate surface area is 163 Å². The van der Waals surface area contributed by atoms with E-state index in [0.717, 1.165) is 10.6 Å². The van der Waals surface area contributed by atoms with Crippen LogP contribution in [0.2, 0.25) is 0 Å². The van der Waals surface area contributed by atoms with Crippen molar-refractivity contribution < 1.29 is 43.9 Å². The molecule has 0 atom stereocenters. The number of carboxylic acids is 1. The van der Waals surface area contributed by atoms with Crippen LogP contribution in [-0.4, -0.2) is 22.2 Å². The average Bonchev–Trinajstić information content (AvgIpc) is 3.16. The third-order valence-electron chi connectivity index (χ3n) is 2.98. The summed E-state index contributed by atoms with van der Waals surface area (Å²) in [6.45, 7) is 0. The first-order valence-corrected chi connectivity index (χ1v) is 8.56. The van der Waals surface area contributed by atoms with Crippen LogP contribution >= 0.6 is 23.1 Å². The molecule has 0 saturated heterocycles. The minimum atomic E-state index is -1.19. The number of rotatable bonds is 5. The van der Waals surface area contributed by atoms with Crippen LogP contribution < -0.4 is 34.7 Å². The number of carboxylic acid groups (broad SMARTS) is 1. The summed E-state index contributed by atoms with van der Waals surface area (Å²) < 4.78 is 5.78. The van der Waals surface area contributed by atoms with Gasteiger partial charge in [-0.3, -0.25) is 0 Å². The Bertz CT molecular complexity index is 786. The van der Waals surface area contributed by atoms with Crippen molar-refractivity contribution in [2.75, 3.05) is 6.26 Å². The SMILES string of the molecule is CSc1ccc(-c2nc(CC(=O)[O-])c(-c3ccsc3)o2)cn1.[Na+]. The van der Waals surface area contributed by atoms with Crippen LogP contribution in [0.3, 0.4) is 0 Å². The van der Waals surface area contributed by atoms with E-state index in [1.54, 1.807) is 18.0 Å². The van der Waals surface area contributed by atoms with Crippen molar-refractivity contribution in [2.45, 2.75) is 11.4 Å². The molecule has 0 N–H and O–H groups in total. The molecule has 0 saturated carbocycles. The molecule has 5 nitrogen and oxygen atoms in total. The van der Waals surface area contributed by atoms with Crippen molar-refractivity contribution in [3.8, 4) is 22.8 Å². The number of pyridine rings is 1. The number of hydrogen-bond acceptors (Lipinski definition) is 7. The van der Waals surface area contributed by atoms with Crippen molar-refractivity contribution in [1.82, 2.24) is 9.97 Å². The number of oxazole rings is 1. The van der Waals surface area contributed by atoms with E-state index in [2.05, 4.69) is 9.97 Å². The Balaban J connectivity index is 0.00000192. The summed E-state index contributed by atoms with van der Waals surface area (Å²) >= 11 is 3.05. The van der Waals surface area contributed by atoms with Gasteiger partial charge >= 0.3 is 29.6 Å². The normalized spacial score (nSPS) is 10.3. The van der Waals surface area contributed by atoms with E-state index in [1.165, 1.54) is 11.3 Å². The van der Waals surface area contributed by atoms with E-state index < -0.39 is 5.97 Å². The van der Waals surface area contributed by atoms with E-state index in [4.69, 9.17) is 4.42 Å². The van der Waals surface area contributed by atoms with Gasteiger partial charge in [0.2, 0.25) is 5.89 Å². The predicted molar refractivity (Wildman–Crippen MR) is 83.5 cm³/mol. The standard InChI is InChI=1S/C15H12N2O3S2.Na/c1-21-12-3-2-9(7-16-12)15-17-11(6-13(18)19)14(20-15)10-4-5-22-8-10;/h2-5,7-8H,6H2,1H3,(H,18,19);/q;+1/p-1. The van der Waals surface area contributed by atoms with Gasteiger partial charge in [-0.05, 0) is 29.8 Å². The molecule has 112 valence electrons. The zero-order valence-electron chi connectivity index (χ0n) is 12.6. The van der Waals surface area contributed by atoms with Crippen LogP contribution in [-0.2, 0) is 11.2 Å². The first-order valence-electron chi connectivity index (χ1n) is 6.40. The molecule has 3 rings (SSSR count). The smallest absolute Gasteiger partial charge is 0.550 e. The number of thioether (sulfide) groups is 1. The van der Waals surface area contributed by atoms with Gasteiger partial charge in [0.15, 0.2) is 5.76 Å². The van der Waals surface area contributed by atoms with Crippen LogP contribution in [0, 0.1) is 0 Å². The zero-order chi connectivity index (χ0) is 15.5. The van der Waals surface area contributed by atoms with Gasteiger partial charge in [0.1, 0.15) is 0 Å². The first kappa shape index (κ1) is 18.2. The minimum Gasteiger partial charge on any atom is -0.550 e. The molecule has 0 radical (unpaired) electrons. The van der Waals surface area contributed by atoms with E-state index in [1.807, 2.05) is 35.2 Å². The van der Waals surface area contributed by atoms with Crippen molar-refractivity contribution in [3.05, 3.63) is 40.8 Å². The first-order chi connectivity index (χ1) is 10.7. The molecule has 0 spiro atoms. The van der Waals surface area contributed by atoms with Gasteiger partial charge in [-0.15, -0.1) is 11.8 Å². The summed E-state index contributed by atoms with van der Waals surface area (Å²) in [5, 5.41) is 15.6. The topological polar surface area (TPSA) is 79.0 Å². The van der Waals surface area contributed by atoms with Crippen molar-refractivity contribution in [1.29, 1.82) is 0 Å². The van der Waals surface area contributed by atoms with Crippen LogP contribution in [0.1, 0.15) is 5.69 Å². The maximum atomic E-state index is 10.9. The maximum Gasteiger partial charge on any atom is 1.00 e. The number of carbonyl (C=O) groups is 1. The number of nitrogens with zero attached hydrogens (tertiary/aromatic N) is 2. The number of aromatic nitrogens is 2. The van der Waals surface area contributed by atoms with Gasteiger partial charge in [-0.2, -0.15) is 11.3 Å². The zero-order valence-corrected chi connectivity index (χ0v) is 16.2. The molecule has 0 aliphatic carbocycles. The molecule has 0 aromatic carbocycles. The van der Waals surface area contributed by atoms with Crippen LogP contribution in [0.4, 0.5) is 0 Å². The molecule has 8 heteroatoms. The summed E-state index contributed by atoms with van der Waals surface area (Å²) in [6.07, 6.45) is 3.32. The Hall–Kier alpha value is -1.12. The predicted octanol–water partition coefficient (Wildman–Crippen LogP) is -0.517. The molecular formula is C15H11N2NaO3S2. The largest absolute Gasteiger partial charge is 1.00 e. The van der Waals surface area contributed by atoms with Crippen LogP contribution in [0.5, 0.6) is 0 Å². The molecule has 0 bridgehead atoms. The van der Waals surface area contributed by atoms with Crippen molar-refractivity contribution >= 4 is 29.1 Å². The number of carbonyl (C=O) groups excluding carboxylic acids is 1. The summed E-state index contributed by atoms with van der Waals surface area (Å²) in [5.74, 6) is -0.362. The molecule has 3 aromatic rings. The Morgan fingerprint density at radius 2 is 2.17 bits per heavy atom. The molecular weight excluding hydrogens is 343 g/mol. The molecule has 0 fully saturated rings. The number of hydrogen-bond donors (Lipinski definition) is 0. The molecule has 23 heavy (non-hydrogen) atoms. The quantitative estimate of drug-likeness (QED) is 0.453. The average molecular weight is 354 g/mol. The van der Waals surface area contributed by atoms with E-state index in [0.29, 0.717) is 22.9 Å². The van der Waals surface area contributed by atoms with Gasteiger partial charge in [0, 0.05) is 29.5 Å². The molecule has 0 amide bonds. The van der Waals surface area contributed by atoms with Crippen LogP contribution in [0.15, 0.2) is 44.6 Å². The summed E-state index contributed by atoms with van der Waals surface area (Å²) in [5.41, 5.74) is 1.88. The minimum absolute atomic E-state index is 0. The van der Waals surface area contributed by atoms with Gasteiger partial charge in [-0.1, -0.05) is 0 Å². The van der Waals surface area contributed by atoms with Crippen molar-refractivity contribution in [3.63, 3.8) is 0 Å². The fourth-order valence-electron chi connectivity index (χ4n) is 1.98. The molecule has 3 heterocycles. The fraction of sp³-hybridized carbons (Fsp3) is 0.133. The summed E-state index contributed by atoms with van der Waals surface area (Å²) in [6, 6.07) is 5.58. The van der Waals surface area contributed by atoms with E-state index in [9.17, 15) is 9.90 Å². The molecule has 0 aliphatic heterocycles. The monoisotopic (exact) mass is 354 g/mol. The van der Waals surface area contributed by atoms with E-state index in [-0.39, 0.29) is 36.0 Å². The summed E-state index contributed by atoms with van der Waals surface area (Å²) in [7, 11) is 0. The molecule has 0 unspecified atom stereocenters. The second kappa shape index (κ2) is 8.12. The van der Waals surface area contributed by atoms with Crippen molar-refractivity contribution in [2.24, 2.45) is 0 Å². The third-order valence-corrected chi connectivity index (χ3v) is 4.33. The van der Waals surface area contributed by atoms with Gasteiger partial charge < -0.3 is 14.3 Å². The second-order valence-corrected chi connectivity index (χ2v) is 6.05. The Morgan fingerprint density at radius 1 is 1.35 bits per heavy atom. The maximum absolute atomic E-state index is 10.9. The molecule has 0 aliphatic rings. The van der Waals surface area contributed by atoms with Crippen LogP contribution in [0.25, 0.3) is 22.8 Å². The Kier molecular flexibility index (Phi) is 6.43. The fourth-order valence-corrected chi connectivity index (χ4v) is 2.98. The number of thiophene rings is 1. The van der Waals surface area contributed by atoms with Gasteiger partial charge in [-0.25, -0.2) is 9.97 Å². The second-order valence-electron chi connectivity index (χ2n) is 4.44. The van der Waals surface area contributed by atoms with Gasteiger partial charge in [0.05, 0.1) is 16.3 Å². The molecule has 3 aromatic heterocycles.